The maximum atomic E-state index is 6.32. The number of rotatable bonds is 6. The maximum absolute atomic E-state index is 6.32. The summed E-state index contributed by atoms with van der Waals surface area (Å²) in [5.74, 6) is 0. The summed E-state index contributed by atoms with van der Waals surface area (Å²) in [6.07, 6.45) is 15.1. The Balaban J connectivity index is 0.000000226. The molecule has 0 bridgehead atoms. The minimum atomic E-state index is 0.122. The summed E-state index contributed by atoms with van der Waals surface area (Å²) in [6.45, 7) is 8.57. The first kappa shape index (κ1) is 37.3. The molecule has 0 spiro atoms. The van der Waals surface area contributed by atoms with Gasteiger partial charge in [0.1, 0.15) is 11.2 Å². The molecule has 0 saturated heterocycles. The van der Waals surface area contributed by atoms with E-state index in [9.17, 15) is 0 Å². The minimum absolute atomic E-state index is 0.122. The molecule has 60 heavy (non-hydrogen) atoms. The van der Waals surface area contributed by atoms with Crippen LogP contribution in [0.15, 0.2) is 199 Å². The van der Waals surface area contributed by atoms with Crippen molar-refractivity contribution in [3.8, 4) is 22.3 Å². The van der Waals surface area contributed by atoms with Crippen LogP contribution in [0.5, 0.6) is 0 Å². The Labute approximate surface area is 355 Å². The number of fused-ring (bicyclic) bond motifs is 8. The van der Waals surface area contributed by atoms with E-state index >= 15 is 0 Å². The average molecular weight is 792 g/mol. The molecule has 0 amide bonds. The van der Waals surface area contributed by atoms with Crippen molar-refractivity contribution in [3.63, 3.8) is 0 Å². The summed E-state index contributed by atoms with van der Waals surface area (Å²) >= 11 is 1.88. The van der Waals surface area contributed by atoms with Gasteiger partial charge in [0.25, 0.3) is 0 Å². The average Bonchev–Trinajstić information content (AvgIpc) is 3.93. The molecular weight excluding hydrogens is 747 g/mol. The van der Waals surface area contributed by atoms with E-state index in [4.69, 9.17) is 10.2 Å². The van der Waals surface area contributed by atoms with E-state index in [0.717, 1.165) is 44.3 Å². The molecule has 9 aromatic rings. The highest BCUT2D eigenvalue weighted by Crippen LogP contribution is 2.50. The number of nitrogens with two attached hydrogens (primary N) is 1. The monoisotopic (exact) mass is 791 g/mol. The zero-order chi connectivity index (χ0) is 40.8. The van der Waals surface area contributed by atoms with Gasteiger partial charge in [0.2, 0.25) is 0 Å². The number of allylic oxidation sites excluding steroid dienone is 8. The highest BCUT2D eigenvalue weighted by molar-refractivity contribution is 7.26. The molecule has 2 aromatic heterocycles. The van der Waals surface area contributed by atoms with Crippen LogP contribution in [0.3, 0.4) is 0 Å². The van der Waals surface area contributed by atoms with Crippen molar-refractivity contribution in [1.82, 2.24) is 0 Å². The van der Waals surface area contributed by atoms with E-state index in [1.807, 2.05) is 41.7 Å². The number of furan rings is 1. The molecule has 2 aliphatic carbocycles. The first-order valence-electron chi connectivity index (χ1n) is 20.7. The van der Waals surface area contributed by atoms with Gasteiger partial charge in [0, 0.05) is 53.2 Å². The molecule has 3 heteroatoms. The van der Waals surface area contributed by atoms with E-state index in [-0.39, 0.29) is 5.41 Å². The fourth-order valence-electron chi connectivity index (χ4n) is 9.23. The van der Waals surface area contributed by atoms with Crippen molar-refractivity contribution in [2.75, 3.05) is 5.73 Å². The Morgan fingerprint density at radius 3 is 2.30 bits per heavy atom. The fourth-order valence-corrected chi connectivity index (χ4v) is 10.5. The summed E-state index contributed by atoms with van der Waals surface area (Å²) in [6, 6.07) is 53.8. The van der Waals surface area contributed by atoms with E-state index in [1.165, 1.54) is 77.5 Å². The van der Waals surface area contributed by atoms with Gasteiger partial charge >= 0.3 is 0 Å². The SMILES string of the molecule is C=C/C=C(\C=C/c1ccc(-c2ccc3c(sc4ccccc43)c2-c2ccccc2)cc1)c1cccc2c1oc1ccccc12.CC1(C)C2=C(CCC=C2)c2ccc(N)cc21. The summed E-state index contributed by atoms with van der Waals surface area (Å²) in [5.41, 5.74) is 22.7. The van der Waals surface area contributed by atoms with E-state index in [0.29, 0.717) is 0 Å². The van der Waals surface area contributed by atoms with Gasteiger partial charge in [-0.05, 0) is 87.2 Å². The Hall–Kier alpha value is -6.94. The molecular formula is C57H45NOS. The van der Waals surface area contributed by atoms with Crippen LogP contribution in [0.4, 0.5) is 5.69 Å². The van der Waals surface area contributed by atoms with Gasteiger partial charge in [-0.1, -0.05) is 184 Å². The number of anilines is 1. The summed E-state index contributed by atoms with van der Waals surface area (Å²) in [7, 11) is 0. The molecule has 0 unspecified atom stereocenters. The first-order chi connectivity index (χ1) is 29.4. The molecule has 2 N–H and O–H groups in total. The van der Waals surface area contributed by atoms with Crippen molar-refractivity contribution < 1.29 is 4.42 Å². The molecule has 7 aromatic carbocycles. The highest BCUT2D eigenvalue weighted by atomic mass is 32.1. The number of benzene rings is 7. The quantitative estimate of drug-likeness (QED) is 0.135. The van der Waals surface area contributed by atoms with Crippen LogP contribution >= 0.6 is 11.3 Å². The van der Waals surface area contributed by atoms with Crippen molar-refractivity contribution in [2.24, 2.45) is 0 Å². The predicted molar refractivity (Wildman–Crippen MR) is 260 cm³/mol. The zero-order valence-electron chi connectivity index (χ0n) is 33.9. The smallest absolute Gasteiger partial charge is 0.143 e. The summed E-state index contributed by atoms with van der Waals surface area (Å²) in [4.78, 5) is 0. The second-order valence-electron chi connectivity index (χ2n) is 16.2. The molecule has 0 radical (unpaired) electrons. The van der Waals surface area contributed by atoms with Gasteiger partial charge in [-0.3, -0.25) is 0 Å². The highest BCUT2D eigenvalue weighted by Gasteiger charge is 2.36. The predicted octanol–water partition coefficient (Wildman–Crippen LogP) is 16.2. The molecule has 0 atom stereocenters. The Morgan fingerprint density at radius 1 is 0.717 bits per heavy atom. The van der Waals surface area contributed by atoms with Crippen LogP contribution < -0.4 is 5.73 Å². The number of thiophene rings is 1. The maximum Gasteiger partial charge on any atom is 0.143 e. The fraction of sp³-hybridized carbons (Fsp3) is 0.0877. The molecule has 0 fully saturated rings. The molecule has 2 heterocycles. The third kappa shape index (κ3) is 6.52. The molecule has 11 rings (SSSR count). The number of hydrogen-bond acceptors (Lipinski definition) is 3. The number of para-hydroxylation sites is 2. The lowest BCUT2D eigenvalue weighted by molar-refractivity contribution is 0.651. The Kier molecular flexibility index (Phi) is 9.55. The Bertz CT molecular complexity index is 3240. The van der Waals surface area contributed by atoms with E-state index in [2.05, 4.69) is 178 Å². The topological polar surface area (TPSA) is 39.2 Å². The first-order valence-corrected chi connectivity index (χ1v) is 21.5. The molecule has 2 nitrogen and oxygen atoms in total. The second kappa shape index (κ2) is 15.3. The molecule has 2 aliphatic rings. The van der Waals surface area contributed by atoms with Gasteiger partial charge in [-0.25, -0.2) is 0 Å². The van der Waals surface area contributed by atoms with Crippen LogP contribution in [0.1, 0.15) is 48.9 Å². The van der Waals surface area contributed by atoms with Gasteiger partial charge in [0.15, 0.2) is 0 Å². The molecule has 290 valence electrons. The molecule has 0 aliphatic heterocycles. The van der Waals surface area contributed by atoms with Crippen LogP contribution in [0.2, 0.25) is 0 Å². The second-order valence-corrected chi connectivity index (χ2v) is 17.2. The third-order valence-electron chi connectivity index (χ3n) is 12.2. The van der Waals surface area contributed by atoms with Crippen LogP contribution in [0.25, 0.3) is 81.6 Å². The van der Waals surface area contributed by atoms with Crippen molar-refractivity contribution in [2.45, 2.75) is 32.1 Å². The van der Waals surface area contributed by atoms with Gasteiger partial charge in [0.05, 0.1) is 0 Å². The normalized spacial score (nSPS) is 14.5. The third-order valence-corrected chi connectivity index (χ3v) is 13.4. The Morgan fingerprint density at radius 2 is 1.47 bits per heavy atom. The lowest BCUT2D eigenvalue weighted by Gasteiger charge is -2.24. The lowest BCUT2D eigenvalue weighted by atomic mass is 9.80. The summed E-state index contributed by atoms with van der Waals surface area (Å²) in [5, 5.41) is 4.88. The minimum Gasteiger partial charge on any atom is -0.455 e. The molecule has 0 saturated carbocycles. The van der Waals surface area contributed by atoms with Gasteiger partial charge in [-0.2, -0.15) is 0 Å². The van der Waals surface area contributed by atoms with Crippen LogP contribution in [-0.4, -0.2) is 0 Å². The lowest BCUT2D eigenvalue weighted by Crippen LogP contribution is -2.16. The number of hydrogen-bond donors (Lipinski definition) is 1. The van der Waals surface area contributed by atoms with Crippen molar-refractivity contribution in [1.29, 1.82) is 0 Å². The van der Waals surface area contributed by atoms with Crippen LogP contribution in [0, 0.1) is 0 Å². The standard InChI is InChI=1S/C42H28OS.C15H17N/c1-2-11-29(33-16-10-17-36-34-14-6-8-18-38(34)43-41(33)36)23-20-28-21-24-30(25-22-28)32-26-27-37-35-15-7-9-19-39(35)44-42(37)40(32)31-12-4-3-5-13-31;1-15(2)13-6-4-3-5-11(13)12-8-7-10(16)9-14(12)15/h2-27H,1H2;4,6-9H,3,5,16H2,1-2H3/b23-20-,29-11+;. The van der Waals surface area contributed by atoms with Gasteiger partial charge in [-0.15, -0.1) is 11.3 Å². The largest absolute Gasteiger partial charge is 0.455 e. The van der Waals surface area contributed by atoms with Crippen molar-refractivity contribution >= 4 is 76.4 Å². The van der Waals surface area contributed by atoms with E-state index < -0.39 is 0 Å². The number of nitrogen functional groups attached to an aromatic ring is 1. The van der Waals surface area contributed by atoms with Crippen molar-refractivity contribution in [3.05, 3.63) is 216 Å². The summed E-state index contributed by atoms with van der Waals surface area (Å²) < 4.78 is 8.97. The van der Waals surface area contributed by atoms with E-state index in [1.54, 1.807) is 0 Å². The zero-order valence-corrected chi connectivity index (χ0v) is 34.7. The van der Waals surface area contributed by atoms with Crippen LogP contribution in [-0.2, 0) is 5.41 Å². The van der Waals surface area contributed by atoms with Gasteiger partial charge < -0.3 is 10.2 Å².